The van der Waals surface area contributed by atoms with Gasteiger partial charge < -0.3 is 52.3 Å². The van der Waals surface area contributed by atoms with Gasteiger partial charge in [0.1, 0.15) is 6.61 Å². The number of hydrogen-bond donors (Lipinski definition) is 0. The second-order valence-electron chi connectivity index (χ2n) is 10.9. The lowest BCUT2D eigenvalue weighted by Gasteiger charge is -2.19. The highest BCUT2D eigenvalue weighted by Gasteiger charge is 2.29. The molecule has 3 rings (SSSR count). The second-order valence-corrected chi connectivity index (χ2v) is 12.0. The fourth-order valence-electron chi connectivity index (χ4n) is 4.91. The van der Waals surface area contributed by atoms with Gasteiger partial charge in [0, 0.05) is 23.9 Å². The molecule has 0 aromatic heterocycles. The Balaban J connectivity index is 1.01. The molecule has 0 aliphatic heterocycles. The number of carbonyl (C=O) groups is 1. The molecular weight excluding hydrogens is 749 g/mol. The molecular formula is C36H54INO11. The van der Waals surface area contributed by atoms with E-state index in [1.807, 2.05) is 24.3 Å². The topological polar surface area (TPSA) is 113 Å². The van der Waals surface area contributed by atoms with Crippen LogP contribution in [0.15, 0.2) is 48.5 Å². The fraction of sp³-hybridized carbons (Fsp3) is 0.639. The number of hydrogen-bond acceptors (Lipinski definition) is 11. The minimum Gasteiger partial charge on any atom is -0.448 e. The molecule has 0 bridgehead atoms. The van der Waals surface area contributed by atoms with Crippen LogP contribution in [0.1, 0.15) is 17.0 Å². The van der Waals surface area contributed by atoms with E-state index >= 15 is 0 Å². The Morgan fingerprint density at radius 1 is 0.531 bits per heavy atom. The molecule has 49 heavy (non-hydrogen) atoms. The van der Waals surface area contributed by atoms with Crippen LogP contribution in [0.2, 0.25) is 0 Å². The van der Waals surface area contributed by atoms with Crippen LogP contribution in [0, 0.1) is 0 Å². The number of alkyl halides is 1. The summed E-state index contributed by atoms with van der Waals surface area (Å²) in [6, 6.07) is 16.6. The van der Waals surface area contributed by atoms with Crippen molar-refractivity contribution in [3.63, 3.8) is 0 Å². The second kappa shape index (κ2) is 27.8. The van der Waals surface area contributed by atoms with Crippen LogP contribution < -0.4 is 0 Å². The van der Waals surface area contributed by atoms with Crippen molar-refractivity contribution in [1.82, 2.24) is 4.90 Å². The van der Waals surface area contributed by atoms with E-state index in [0.717, 1.165) is 11.0 Å². The summed E-state index contributed by atoms with van der Waals surface area (Å²) in [6.45, 7) is 10.1. The molecule has 1 aliphatic rings. The van der Waals surface area contributed by atoms with E-state index in [2.05, 4.69) is 46.9 Å². The first-order valence-electron chi connectivity index (χ1n) is 17.0. The van der Waals surface area contributed by atoms with Gasteiger partial charge in [0.15, 0.2) is 0 Å². The van der Waals surface area contributed by atoms with Crippen LogP contribution in [0.3, 0.4) is 0 Å². The van der Waals surface area contributed by atoms with Crippen LogP contribution >= 0.6 is 22.6 Å². The van der Waals surface area contributed by atoms with Gasteiger partial charge in [0.25, 0.3) is 0 Å². The molecule has 0 heterocycles. The summed E-state index contributed by atoms with van der Waals surface area (Å²) in [5.41, 5.74) is 4.81. The summed E-state index contributed by atoms with van der Waals surface area (Å²) in [6.07, 6.45) is -0.361. The van der Waals surface area contributed by atoms with Crippen molar-refractivity contribution in [1.29, 1.82) is 0 Å². The van der Waals surface area contributed by atoms with Crippen molar-refractivity contribution in [3.8, 4) is 11.1 Å². The van der Waals surface area contributed by atoms with Gasteiger partial charge in [-0.1, -0.05) is 71.1 Å². The van der Waals surface area contributed by atoms with E-state index < -0.39 is 0 Å². The number of carbonyl (C=O) groups excluding carboxylic acids is 1. The first kappa shape index (κ1) is 41.5. The van der Waals surface area contributed by atoms with Gasteiger partial charge in [-0.3, -0.25) is 0 Å². The van der Waals surface area contributed by atoms with Crippen LogP contribution in [-0.4, -0.2) is 155 Å². The number of halogens is 1. The van der Waals surface area contributed by atoms with Crippen LogP contribution in [-0.2, 0) is 47.4 Å². The Bertz CT molecular complexity index is 1080. The minimum atomic E-state index is -0.361. The summed E-state index contributed by atoms with van der Waals surface area (Å²) < 4.78 is 56.0. The maximum Gasteiger partial charge on any atom is 0.409 e. The zero-order valence-corrected chi connectivity index (χ0v) is 31.0. The lowest BCUT2D eigenvalue weighted by atomic mass is 9.98. The van der Waals surface area contributed by atoms with Crippen LogP contribution in [0.25, 0.3) is 11.1 Å². The lowest BCUT2D eigenvalue weighted by Crippen LogP contribution is -2.32. The molecule has 1 aliphatic carbocycles. The molecule has 0 saturated carbocycles. The maximum absolute atomic E-state index is 12.6. The molecule has 0 radical (unpaired) electrons. The molecule has 0 unspecified atom stereocenters. The maximum atomic E-state index is 12.6. The van der Waals surface area contributed by atoms with Crippen molar-refractivity contribution in [3.05, 3.63) is 59.7 Å². The molecule has 2 aromatic carbocycles. The Labute approximate surface area is 305 Å². The van der Waals surface area contributed by atoms with E-state index in [0.29, 0.717) is 125 Å². The molecule has 1 amide bonds. The van der Waals surface area contributed by atoms with Gasteiger partial charge in [-0.15, -0.1) is 0 Å². The highest BCUT2D eigenvalue weighted by Crippen LogP contribution is 2.44. The van der Waals surface area contributed by atoms with Gasteiger partial charge in [-0.2, -0.15) is 0 Å². The Hall–Kier alpha value is -1.92. The highest BCUT2D eigenvalue weighted by atomic mass is 127. The first-order chi connectivity index (χ1) is 24.2. The third-order valence-corrected chi connectivity index (χ3v) is 7.86. The number of benzene rings is 2. The van der Waals surface area contributed by atoms with Crippen LogP contribution in [0.4, 0.5) is 4.79 Å². The Morgan fingerprint density at radius 3 is 1.22 bits per heavy atom. The first-order valence-corrected chi connectivity index (χ1v) is 18.6. The van der Waals surface area contributed by atoms with Gasteiger partial charge in [0.2, 0.25) is 0 Å². The van der Waals surface area contributed by atoms with Gasteiger partial charge in [-0.05, 0) is 22.3 Å². The summed E-state index contributed by atoms with van der Waals surface area (Å²) >= 11 is 2.28. The zero-order chi connectivity index (χ0) is 34.6. The van der Waals surface area contributed by atoms with Gasteiger partial charge in [0.05, 0.1) is 119 Å². The fourth-order valence-corrected chi connectivity index (χ4v) is 5.22. The third kappa shape index (κ3) is 17.7. The zero-order valence-electron chi connectivity index (χ0n) is 28.9. The van der Waals surface area contributed by atoms with E-state index in [-0.39, 0.29) is 12.0 Å². The standard InChI is InChI=1S/C36H54INO11/c1-38(36(39)49-30-35-33-8-4-2-6-31(33)32-7-3-5-9-34(32)35)11-13-41-15-17-43-19-21-45-23-25-47-27-29-48-28-26-46-24-22-44-20-18-42-16-14-40-12-10-37/h2-9,35H,10-30H2,1H3. The molecule has 0 atom stereocenters. The van der Waals surface area contributed by atoms with Gasteiger partial charge in [-0.25, -0.2) is 4.79 Å². The highest BCUT2D eigenvalue weighted by molar-refractivity contribution is 14.1. The Morgan fingerprint density at radius 2 is 0.857 bits per heavy atom. The minimum absolute atomic E-state index is 0.0423. The van der Waals surface area contributed by atoms with Gasteiger partial charge >= 0.3 is 6.09 Å². The Kier molecular flexibility index (Phi) is 23.5. The summed E-state index contributed by atoms with van der Waals surface area (Å²) in [7, 11) is 1.72. The normalized spacial score (nSPS) is 12.3. The summed E-state index contributed by atoms with van der Waals surface area (Å²) in [5.74, 6) is 0.0423. The molecule has 13 heteroatoms. The quantitative estimate of drug-likeness (QED) is 0.0613. The average Bonchev–Trinajstić information content (AvgIpc) is 3.45. The number of rotatable bonds is 31. The van der Waals surface area contributed by atoms with E-state index in [1.165, 1.54) is 27.2 Å². The SMILES string of the molecule is CN(CCOCCOCCOCCOCCOCCOCCOCCOCCOCCI)C(=O)OCC1c2ccccc2-c2ccccc21. The van der Waals surface area contributed by atoms with Crippen molar-refractivity contribution in [2.45, 2.75) is 5.92 Å². The van der Waals surface area contributed by atoms with Crippen molar-refractivity contribution in [2.24, 2.45) is 0 Å². The lowest BCUT2D eigenvalue weighted by molar-refractivity contribution is -0.0249. The predicted molar refractivity (Wildman–Crippen MR) is 194 cm³/mol. The molecule has 0 N–H and O–H groups in total. The molecule has 12 nitrogen and oxygen atoms in total. The molecule has 0 spiro atoms. The molecule has 276 valence electrons. The summed E-state index contributed by atoms with van der Waals surface area (Å²) in [4.78, 5) is 14.1. The van der Waals surface area contributed by atoms with E-state index in [9.17, 15) is 4.79 Å². The predicted octanol–water partition coefficient (Wildman–Crippen LogP) is 4.45. The third-order valence-electron chi connectivity index (χ3n) is 7.42. The average molecular weight is 804 g/mol. The van der Waals surface area contributed by atoms with Crippen molar-refractivity contribution >= 4 is 28.7 Å². The van der Waals surface area contributed by atoms with Crippen molar-refractivity contribution in [2.75, 3.05) is 144 Å². The number of fused-ring (bicyclic) bond motifs is 3. The smallest absolute Gasteiger partial charge is 0.409 e. The number of ether oxygens (including phenoxy) is 10. The summed E-state index contributed by atoms with van der Waals surface area (Å²) in [5, 5.41) is 0. The van der Waals surface area contributed by atoms with Crippen molar-refractivity contribution < 1.29 is 52.2 Å². The van der Waals surface area contributed by atoms with E-state index in [4.69, 9.17) is 47.4 Å². The van der Waals surface area contributed by atoms with E-state index in [1.54, 1.807) is 7.05 Å². The molecule has 0 saturated heterocycles. The monoisotopic (exact) mass is 803 g/mol. The molecule has 0 fully saturated rings. The largest absolute Gasteiger partial charge is 0.448 e. The number of amides is 1. The number of nitrogens with zero attached hydrogens (tertiary/aromatic N) is 1. The molecule has 2 aromatic rings. The van der Waals surface area contributed by atoms with Crippen LogP contribution in [0.5, 0.6) is 0 Å². The number of likely N-dealkylation sites (N-methyl/N-ethyl adjacent to an activating group) is 1.